The predicted molar refractivity (Wildman–Crippen MR) is 77.4 cm³/mol. The Morgan fingerprint density at radius 3 is 2.77 bits per heavy atom. The number of nitrogen functional groups attached to an aromatic ring is 1. The highest BCUT2D eigenvalue weighted by Gasteiger charge is 2.28. The third-order valence-electron chi connectivity index (χ3n) is 3.07. The molecule has 0 amide bonds. The highest BCUT2D eigenvalue weighted by atomic mass is 19.4. The first kappa shape index (κ1) is 16.3. The molecule has 2 aromatic rings. The smallest absolute Gasteiger partial charge is 0.383 e. The van der Waals surface area contributed by atoms with Gasteiger partial charge in [-0.3, -0.25) is 9.58 Å². The van der Waals surface area contributed by atoms with Crippen molar-refractivity contribution >= 4 is 22.8 Å². The van der Waals surface area contributed by atoms with E-state index in [1.165, 1.54) is 11.9 Å². The summed E-state index contributed by atoms with van der Waals surface area (Å²) >= 11 is 0. The number of aromatic nitrogens is 4. The Labute approximate surface area is 125 Å². The first-order valence-electron chi connectivity index (χ1n) is 6.70. The summed E-state index contributed by atoms with van der Waals surface area (Å²) in [5, 5.41) is 7.67. The van der Waals surface area contributed by atoms with Gasteiger partial charge in [-0.2, -0.15) is 28.2 Å². The number of nitrogens with two attached hydrogens (primary N) is 1. The first-order chi connectivity index (χ1) is 10.3. The normalized spacial score (nSPS) is 12.3. The van der Waals surface area contributed by atoms with Gasteiger partial charge in [0.2, 0.25) is 5.95 Å². The lowest BCUT2D eigenvalue weighted by Gasteiger charge is -2.18. The molecular weight excluding hydrogens is 299 g/mol. The van der Waals surface area contributed by atoms with Crippen LogP contribution in [0.5, 0.6) is 0 Å². The lowest BCUT2D eigenvalue weighted by atomic mass is 10.4. The van der Waals surface area contributed by atoms with Gasteiger partial charge in [-0.25, -0.2) is 0 Å². The Balaban J connectivity index is 1.86. The maximum Gasteiger partial charge on any atom is 0.401 e. The van der Waals surface area contributed by atoms with Gasteiger partial charge < -0.3 is 11.1 Å². The van der Waals surface area contributed by atoms with Crippen molar-refractivity contribution in [2.75, 3.05) is 37.7 Å². The molecule has 22 heavy (non-hydrogen) atoms. The maximum atomic E-state index is 12.2. The molecule has 0 unspecified atom stereocenters. The van der Waals surface area contributed by atoms with E-state index in [2.05, 4.69) is 20.4 Å². The van der Waals surface area contributed by atoms with Gasteiger partial charge in [0.25, 0.3) is 0 Å². The Morgan fingerprint density at radius 1 is 1.36 bits per heavy atom. The van der Waals surface area contributed by atoms with Crippen molar-refractivity contribution in [1.82, 2.24) is 24.6 Å². The number of hydrogen-bond donors (Lipinski definition) is 2. The number of alkyl halides is 3. The van der Waals surface area contributed by atoms with Crippen molar-refractivity contribution in [1.29, 1.82) is 0 Å². The van der Waals surface area contributed by atoms with E-state index in [0.717, 1.165) is 0 Å². The fourth-order valence-corrected chi connectivity index (χ4v) is 2.06. The summed E-state index contributed by atoms with van der Waals surface area (Å²) in [7, 11) is 3.17. The number of hydrogen-bond acceptors (Lipinski definition) is 6. The van der Waals surface area contributed by atoms with E-state index in [-0.39, 0.29) is 0 Å². The molecule has 122 valence electrons. The average molecular weight is 317 g/mol. The van der Waals surface area contributed by atoms with Crippen LogP contribution < -0.4 is 11.1 Å². The molecule has 0 saturated carbocycles. The third-order valence-corrected chi connectivity index (χ3v) is 3.07. The zero-order valence-corrected chi connectivity index (χ0v) is 12.4. The molecule has 0 spiro atoms. The average Bonchev–Trinajstić information content (AvgIpc) is 2.75. The summed E-state index contributed by atoms with van der Waals surface area (Å²) in [5.41, 5.74) is 6.42. The van der Waals surface area contributed by atoms with Crippen LogP contribution in [0.25, 0.3) is 11.0 Å². The van der Waals surface area contributed by atoms with Crippen LogP contribution in [-0.4, -0.2) is 57.5 Å². The van der Waals surface area contributed by atoms with E-state index < -0.39 is 12.7 Å². The van der Waals surface area contributed by atoms with E-state index in [1.807, 2.05) is 0 Å². The minimum Gasteiger partial charge on any atom is -0.383 e. The topological polar surface area (TPSA) is 84.9 Å². The highest BCUT2D eigenvalue weighted by Crippen LogP contribution is 2.18. The van der Waals surface area contributed by atoms with Gasteiger partial charge in [0.1, 0.15) is 5.82 Å². The quantitative estimate of drug-likeness (QED) is 0.780. The molecule has 0 saturated heterocycles. The van der Waals surface area contributed by atoms with Gasteiger partial charge in [0.15, 0.2) is 5.65 Å². The molecular formula is C12H18F3N7. The van der Waals surface area contributed by atoms with Gasteiger partial charge in [0, 0.05) is 13.6 Å². The Hall–Kier alpha value is -2.10. The fraction of sp³-hybridized carbons (Fsp3) is 0.583. The summed E-state index contributed by atoms with van der Waals surface area (Å²) in [6.45, 7) is -0.154. The molecule has 0 aliphatic heterocycles. The number of nitrogens with zero attached hydrogens (tertiary/aromatic N) is 5. The zero-order chi connectivity index (χ0) is 16.3. The predicted octanol–water partition coefficient (Wildman–Crippen LogP) is 1.24. The van der Waals surface area contributed by atoms with Crippen LogP contribution in [0.4, 0.5) is 24.9 Å². The van der Waals surface area contributed by atoms with E-state index in [9.17, 15) is 13.2 Å². The van der Waals surface area contributed by atoms with Crippen molar-refractivity contribution in [2.24, 2.45) is 7.05 Å². The minimum atomic E-state index is -4.18. The number of fused-ring (bicyclic) bond motifs is 1. The molecule has 0 aromatic carbocycles. The lowest BCUT2D eigenvalue weighted by Crippen LogP contribution is -2.32. The summed E-state index contributed by atoms with van der Waals surface area (Å²) in [5.74, 6) is 0.655. The summed E-state index contributed by atoms with van der Waals surface area (Å²) < 4.78 is 38.1. The van der Waals surface area contributed by atoms with Crippen molar-refractivity contribution in [3.8, 4) is 0 Å². The standard InChI is InChI=1S/C12H18F3N7/c1-21(7-12(13,14)15)5-3-4-17-11-19-9(16)8-6-18-22(2)10(8)20-11/h6H,3-5,7H2,1-2H3,(H3,16,17,19,20). The SMILES string of the molecule is CN(CCCNc1nc(N)c2cnn(C)c2n1)CC(F)(F)F. The molecule has 0 aliphatic carbocycles. The number of anilines is 2. The van der Waals surface area contributed by atoms with Crippen molar-refractivity contribution in [2.45, 2.75) is 12.6 Å². The van der Waals surface area contributed by atoms with E-state index in [1.54, 1.807) is 17.9 Å². The number of rotatable bonds is 6. The van der Waals surface area contributed by atoms with Crippen LogP contribution in [-0.2, 0) is 7.05 Å². The van der Waals surface area contributed by atoms with Gasteiger partial charge in [0.05, 0.1) is 18.1 Å². The van der Waals surface area contributed by atoms with E-state index >= 15 is 0 Å². The first-order valence-corrected chi connectivity index (χ1v) is 6.70. The summed E-state index contributed by atoms with van der Waals surface area (Å²) in [4.78, 5) is 9.60. The molecule has 10 heteroatoms. The minimum absolute atomic E-state index is 0.315. The largest absolute Gasteiger partial charge is 0.401 e. The molecule has 7 nitrogen and oxygen atoms in total. The monoisotopic (exact) mass is 317 g/mol. The Kier molecular flexibility index (Phi) is 4.69. The second-order valence-electron chi connectivity index (χ2n) is 5.07. The molecule has 2 aromatic heterocycles. The summed E-state index contributed by atoms with van der Waals surface area (Å²) in [6, 6.07) is 0. The zero-order valence-electron chi connectivity index (χ0n) is 12.4. The van der Waals surface area contributed by atoms with E-state index in [0.29, 0.717) is 42.3 Å². The molecule has 0 bridgehead atoms. The number of aryl methyl sites for hydroxylation is 1. The fourth-order valence-electron chi connectivity index (χ4n) is 2.06. The maximum absolute atomic E-state index is 12.2. The van der Waals surface area contributed by atoms with Crippen LogP contribution in [0.3, 0.4) is 0 Å². The van der Waals surface area contributed by atoms with Crippen molar-refractivity contribution in [3.05, 3.63) is 6.20 Å². The number of nitrogens with one attached hydrogen (secondary N) is 1. The van der Waals surface area contributed by atoms with Gasteiger partial charge >= 0.3 is 6.18 Å². The second kappa shape index (κ2) is 6.34. The number of halogens is 3. The van der Waals surface area contributed by atoms with Crippen LogP contribution in [0.2, 0.25) is 0 Å². The molecule has 2 heterocycles. The van der Waals surface area contributed by atoms with Gasteiger partial charge in [-0.05, 0) is 20.0 Å². The van der Waals surface area contributed by atoms with Crippen LogP contribution in [0, 0.1) is 0 Å². The van der Waals surface area contributed by atoms with Crippen molar-refractivity contribution < 1.29 is 13.2 Å². The van der Waals surface area contributed by atoms with Crippen LogP contribution in [0.15, 0.2) is 6.20 Å². The third kappa shape index (κ3) is 4.20. The molecule has 0 radical (unpaired) electrons. The Morgan fingerprint density at radius 2 is 2.09 bits per heavy atom. The van der Waals surface area contributed by atoms with Gasteiger partial charge in [-0.1, -0.05) is 0 Å². The van der Waals surface area contributed by atoms with Crippen LogP contribution >= 0.6 is 0 Å². The molecule has 0 aliphatic rings. The molecule has 2 rings (SSSR count). The Bertz CT molecular complexity index is 637. The molecule has 0 fully saturated rings. The second-order valence-corrected chi connectivity index (χ2v) is 5.07. The molecule has 3 N–H and O–H groups in total. The van der Waals surface area contributed by atoms with Crippen molar-refractivity contribution in [3.63, 3.8) is 0 Å². The summed E-state index contributed by atoms with van der Waals surface area (Å²) in [6.07, 6.45) is -2.07. The van der Waals surface area contributed by atoms with Crippen LogP contribution in [0.1, 0.15) is 6.42 Å². The van der Waals surface area contributed by atoms with E-state index in [4.69, 9.17) is 5.73 Å². The van der Waals surface area contributed by atoms with Gasteiger partial charge in [-0.15, -0.1) is 0 Å². The molecule has 0 atom stereocenters. The lowest BCUT2D eigenvalue weighted by molar-refractivity contribution is -0.142. The highest BCUT2D eigenvalue weighted by molar-refractivity contribution is 5.86.